The average molecular weight is 205 g/mol. The van der Waals surface area contributed by atoms with E-state index in [1.165, 1.54) is 11.3 Å². The Bertz CT molecular complexity index is 525. The van der Waals surface area contributed by atoms with Crippen molar-refractivity contribution >= 4 is 21.4 Å². The summed E-state index contributed by atoms with van der Waals surface area (Å²) in [5, 5.41) is 19.8. The van der Waals surface area contributed by atoms with Crippen LogP contribution >= 0.6 is 11.3 Å². The number of phenols is 1. The standard InChI is InChI=1S/C10H7NO2S/c1-13-9-4-7-8(14-9)3-2-6(5-11)10(7)12/h2-4,12H,1H3. The molecular weight excluding hydrogens is 198 g/mol. The van der Waals surface area contributed by atoms with Crippen LogP contribution in [0.5, 0.6) is 10.8 Å². The van der Waals surface area contributed by atoms with E-state index in [9.17, 15) is 5.11 Å². The Balaban J connectivity index is 2.76. The number of ether oxygens (including phenoxy) is 1. The van der Waals surface area contributed by atoms with Gasteiger partial charge in [-0.2, -0.15) is 5.26 Å². The Morgan fingerprint density at radius 2 is 2.29 bits per heavy atom. The third-order valence-electron chi connectivity index (χ3n) is 1.97. The van der Waals surface area contributed by atoms with Crippen LogP contribution in [0.2, 0.25) is 0 Å². The number of hydrogen-bond donors (Lipinski definition) is 1. The zero-order valence-electron chi connectivity index (χ0n) is 7.44. The molecule has 1 N–H and O–H groups in total. The molecule has 0 saturated heterocycles. The number of nitrogens with zero attached hydrogens (tertiary/aromatic N) is 1. The molecular formula is C10H7NO2S. The van der Waals surface area contributed by atoms with E-state index in [1.54, 1.807) is 25.3 Å². The summed E-state index contributed by atoms with van der Waals surface area (Å²) in [6, 6.07) is 7.07. The Kier molecular flexibility index (Phi) is 2.02. The van der Waals surface area contributed by atoms with Crippen molar-refractivity contribution in [2.24, 2.45) is 0 Å². The Morgan fingerprint density at radius 3 is 2.93 bits per heavy atom. The van der Waals surface area contributed by atoms with Gasteiger partial charge in [0.1, 0.15) is 11.8 Å². The molecule has 1 heterocycles. The summed E-state index contributed by atoms with van der Waals surface area (Å²) in [6.45, 7) is 0. The van der Waals surface area contributed by atoms with Crippen molar-refractivity contribution in [3.8, 4) is 16.9 Å². The van der Waals surface area contributed by atoms with E-state index < -0.39 is 0 Å². The molecule has 14 heavy (non-hydrogen) atoms. The number of nitriles is 1. The van der Waals surface area contributed by atoms with E-state index in [-0.39, 0.29) is 11.3 Å². The maximum atomic E-state index is 9.69. The van der Waals surface area contributed by atoms with E-state index >= 15 is 0 Å². The highest BCUT2D eigenvalue weighted by atomic mass is 32.1. The van der Waals surface area contributed by atoms with Crippen LogP contribution in [0.4, 0.5) is 0 Å². The molecule has 2 aromatic rings. The number of phenolic OH excluding ortho intramolecular Hbond substituents is 1. The fourth-order valence-corrected chi connectivity index (χ4v) is 2.14. The van der Waals surface area contributed by atoms with Crippen molar-refractivity contribution < 1.29 is 9.84 Å². The van der Waals surface area contributed by atoms with Crippen molar-refractivity contribution in [3.05, 3.63) is 23.8 Å². The minimum atomic E-state index is 0.0320. The lowest BCUT2D eigenvalue weighted by Gasteiger charge is -1.95. The summed E-state index contributed by atoms with van der Waals surface area (Å²) < 4.78 is 5.97. The van der Waals surface area contributed by atoms with Gasteiger partial charge in [-0.15, -0.1) is 0 Å². The van der Waals surface area contributed by atoms with Gasteiger partial charge in [-0.1, -0.05) is 11.3 Å². The molecule has 3 nitrogen and oxygen atoms in total. The van der Waals surface area contributed by atoms with Gasteiger partial charge in [0.15, 0.2) is 5.06 Å². The molecule has 0 spiro atoms. The molecule has 0 saturated carbocycles. The molecule has 0 amide bonds. The minimum absolute atomic E-state index is 0.0320. The molecule has 1 aromatic heterocycles. The number of rotatable bonds is 1. The van der Waals surface area contributed by atoms with Gasteiger partial charge in [0.2, 0.25) is 0 Å². The van der Waals surface area contributed by atoms with E-state index in [1.807, 2.05) is 6.07 Å². The van der Waals surface area contributed by atoms with Crippen LogP contribution in [0.3, 0.4) is 0 Å². The third-order valence-corrected chi connectivity index (χ3v) is 3.03. The highest BCUT2D eigenvalue weighted by molar-refractivity contribution is 7.20. The van der Waals surface area contributed by atoms with Crippen LogP contribution in [0.25, 0.3) is 10.1 Å². The van der Waals surface area contributed by atoms with Crippen molar-refractivity contribution in [2.75, 3.05) is 7.11 Å². The number of benzene rings is 1. The van der Waals surface area contributed by atoms with Crippen molar-refractivity contribution in [3.63, 3.8) is 0 Å². The summed E-state index contributed by atoms with van der Waals surface area (Å²) in [4.78, 5) is 0. The lowest BCUT2D eigenvalue weighted by molar-refractivity contribution is 0.427. The van der Waals surface area contributed by atoms with Crippen LogP contribution in [0.15, 0.2) is 18.2 Å². The second-order valence-electron chi connectivity index (χ2n) is 2.75. The second-order valence-corrected chi connectivity index (χ2v) is 3.80. The van der Waals surface area contributed by atoms with Crippen molar-refractivity contribution in [1.29, 1.82) is 5.26 Å². The molecule has 0 bridgehead atoms. The van der Waals surface area contributed by atoms with Gasteiger partial charge in [0.05, 0.1) is 12.7 Å². The molecule has 70 valence electrons. The number of methoxy groups -OCH3 is 1. The molecule has 0 aliphatic carbocycles. The Hall–Kier alpha value is -1.73. The van der Waals surface area contributed by atoms with Crippen molar-refractivity contribution in [2.45, 2.75) is 0 Å². The summed E-state index contributed by atoms with van der Waals surface area (Å²) in [5.41, 5.74) is 0.290. The van der Waals surface area contributed by atoms with Crippen LogP contribution in [-0.2, 0) is 0 Å². The molecule has 1 aromatic carbocycles. The van der Waals surface area contributed by atoms with Crippen LogP contribution < -0.4 is 4.74 Å². The molecule has 0 unspecified atom stereocenters. The Labute approximate surface area is 84.8 Å². The zero-order chi connectivity index (χ0) is 10.1. The number of thiophene rings is 1. The summed E-state index contributed by atoms with van der Waals surface area (Å²) in [5.74, 6) is 0.0320. The van der Waals surface area contributed by atoms with Crippen LogP contribution in [0.1, 0.15) is 5.56 Å². The molecule has 4 heteroatoms. The fourth-order valence-electron chi connectivity index (χ4n) is 1.26. The first-order valence-corrected chi connectivity index (χ1v) is 4.77. The molecule has 0 radical (unpaired) electrons. The molecule has 0 atom stereocenters. The lowest BCUT2D eigenvalue weighted by atomic mass is 10.1. The maximum absolute atomic E-state index is 9.69. The SMILES string of the molecule is COc1cc2c(O)c(C#N)ccc2s1. The lowest BCUT2D eigenvalue weighted by Crippen LogP contribution is -1.75. The van der Waals surface area contributed by atoms with E-state index in [0.29, 0.717) is 5.39 Å². The highest BCUT2D eigenvalue weighted by Gasteiger charge is 2.09. The van der Waals surface area contributed by atoms with Crippen molar-refractivity contribution in [1.82, 2.24) is 0 Å². The highest BCUT2D eigenvalue weighted by Crippen LogP contribution is 2.37. The average Bonchev–Trinajstić information content (AvgIpc) is 2.62. The minimum Gasteiger partial charge on any atom is -0.506 e. The largest absolute Gasteiger partial charge is 0.506 e. The summed E-state index contributed by atoms with van der Waals surface area (Å²) >= 11 is 1.44. The van der Waals surface area contributed by atoms with Gasteiger partial charge in [0, 0.05) is 16.2 Å². The van der Waals surface area contributed by atoms with Crippen LogP contribution in [0, 0.1) is 11.3 Å². The number of fused-ring (bicyclic) bond motifs is 1. The van der Waals surface area contributed by atoms with E-state index in [4.69, 9.17) is 10.00 Å². The Morgan fingerprint density at radius 1 is 1.50 bits per heavy atom. The van der Waals surface area contributed by atoms with Gasteiger partial charge in [-0.05, 0) is 12.1 Å². The quantitative estimate of drug-likeness (QED) is 0.778. The monoisotopic (exact) mass is 205 g/mol. The van der Waals surface area contributed by atoms with Gasteiger partial charge in [-0.3, -0.25) is 0 Å². The normalized spacial score (nSPS) is 10.0. The molecule has 0 aliphatic heterocycles. The first kappa shape index (κ1) is 8.85. The number of aromatic hydroxyl groups is 1. The molecule has 0 fully saturated rings. The maximum Gasteiger partial charge on any atom is 0.174 e. The molecule has 0 aliphatic rings. The number of hydrogen-bond acceptors (Lipinski definition) is 4. The first-order valence-electron chi connectivity index (χ1n) is 3.96. The third kappa shape index (κ3) is 1.19. The van der Waals surface area contributed by atoms with E-state index in [0.717, 1.165) is 9.76 Å². The first-order chi connectivity index (χ1) is 6.76. The van der Waals surface area contributed by atoms with Gasteiger partial charge < -0.3 is 9.84 Å². The smallest absolute Gasteiger partial charge is 0.174 e. The van der Waals surface area contributed by atoms with Gasteiger partial charge >= 0.3 is 0 Å². The predicted molar refractivity (Wildman–Crippen MR) is 54.8 cm³/mol. The van der Waals surface area contributed by atoms with Gasteiger partial charge in [0.25, 0.3) is 0 Å². The predicted octanol–water partition coefficient (Wildman–Crippen LogP) is 2.49. The second kappa shape index (κ2) is 3.20. The topological polar surface area (TPSA) is 53.2 Å². The summed E-state index contributed by atoms with van der Waals surface area (Å²) in [6.07, 6.45) is 0. The summed E-state index contributed by atoms with van der Waals surface area (Å²) in [7, 11) is 1.58. The zero-order valence-corrected chi connectivity index (χ0v) is 8.26. The van der Waals surface area contributed by atoms with Crippen LogP contribution in [-0.4, -0.2) is 12.2 Å². The van der Waals surface area contributed by atoms with E-state index in [2.05, 4.69) is 0 Å². The molecule has 2 rings (SSSR count). The van der Waals surface area contributed by atoms with Gasteiger partial charge in [-0.25, -0.2) is 0 Å². The fraction of sp³-hybridized carbons (Fsp3) is 0.100.